The Balaban J connectivity index is 2.14. The van der Waals surface area contributed by atoms with E-state index in [1.54, 1.807) is 24.4 Å². The number of carbonyl (C=O) groups excluding carboxylic acids is 1. The first-order valence-corrected chi connectivity index (χ1v) is 6.36. The van der Waals surface area contributed by atoms with Crippen LogP contribution in [0.25, 0.3) is 0 Å². The Morgan fingerprint density at radius 1 is 1.20 bits per heavy atom. The van der Waals surface area contributed by atoms with Crippen LogP contribution in [0.5, 0.6) is 0 Å². The van der Waals surface area contributed by atoms with E-state index in [9.17, 15) is 9.59 Å². The summed E-state index contributed by atoms with van der Waals surface area (Å²) in [6.45, 7) is 0. The Morgan fingerprint density at radius 3 is 2.65 bits per heavy atom. The molecular weight excluding hydrogens is 326 g/mol. The summed E-state index contributed by atoms with van der Waals surface area (Å²) in [4.78, 5) is 26.8. The summed E-state index contributed by atoms with van der Waals surface area (Å²) in [5.41, 5.74) is 0.724. The molecule has 0 fully saturated rings. The van der Waals surface area contributed by atoms with Crippen LogP contribution in [0.1, 0.15) is 10.4 Å². The number of anilines is 2. The van der Waals surface area contributed by atoms with E-state index in [4.69, 9.17) is 5.11 Å². The van der Waals surface area contributed by atoms with E-state index in [-0.39, 0.29) is 11.3 Å². The van der Waals surface area contributed by atoms with E-state index in [0.717, 1.165) is 0 Å². The molecule has 0 atom stereocenters. The largest absolute Gasteiger partial charge is 0.478 e. The van der Waals surface area contributed by atoms with Crippen molar-refractivity contribution in [3.8, 4) is 0 Å². The van der Waals surface area contributed by atoms with Crippen LogP contribution in [0.2, 0.25) is 0 Å². The number of urea groups is 1. The molecule has 1 aromatic carbocycles. The highest BCUT2D eigenvalue weighted by atomic mass is 79.9. The summed E-state index contributed by atoms with van der Waals surface area (Å²) >= 11 is 3.18. The molecule has 0 radical (unpaired) electrons. The number of carbonyl (C=O) groups is 2. The Kier molecular flexibility index (Phi) is 4.31. The predicted octanol–water partition coefficient (Wildman–Crippen LogP) is 3.19. The van der Waals surface area contributed by atoms with Crippen molar-refractivity contribution in [1.29, 1.82) is 0 Å². The third-order valence-corrected chi connectivity index (χ3v) is 2.87. The third kappa shape index (κ3) is 3.55. The lowest BCUT2D eigenvalue weighted by molar-refractivity contribution is 0.0698. The number of amides is 2. The minimum atomic E-state index is -1.12. The summed E-state index contributed by atoms with van der Waals surface area (Å²) in [5.74, 6) is -1.12. The van der Waals surface area contributed by atoms with Gasteiger partial charge in [-0.3, -0.25) is 4.98 Å². The second-order valence-corrected chi connectivity index (χ2v) is 4.73. The summed E-state index contributed by atoms with van der Waals surface area (Å²) in [7, 11) is 0. The Morgan fingerprint density at radius 2 is 2.00 bits per heavy atom. The van der Waals surface area contributed by atoms with Gasteiger partial charge in [-0.05, 0) is 30.3 Å². The normalized spacial score (nSPS) is 9.85. The van der Waals surface area contributed by atoms with E-state index >= 15 is 0 Å². The number of hydrogen-bond acceptors (Lipinski definition) is 3. The summed E-state index contributed by atoms with van der Waals surface area (Å²) in [6, 6.07) is 7.39. The van der Waals surface area contributed by atoms with Crippen LogP contribution in [0.15, 0.2) is 47.2 Å². The van der Waals surface area contributed by atoms with Gasteiger partial charge in [0.05, 0.1) is 23.1 Å². The fraction of sp³-hybridized carbons (Fsp3) is 0. The molecule has 3 N–H and O–H groups in total. The number of benzene rings is 1. The number of rotatable bonds is 3. The van der Waals surface area contributed by atoms with E-state index in [2.05, 4.69) is 31.5 Å². The minimum Gasteiger partial charge on any atom is -0.478 e. The van der Waals surface area contributed by atoms with Crippen molar-refractivity contribution in [2.45, 2.75) is 0 Å². The summed E-state index contributed by atoms with van der Waals surface area (Å²) in [5, 5.41) is 14.1. The molecule has 2 amide bonds. The van der Waals surface area contributed by atoms with Crippen LogP contribution in [0, 0.1) is 0 Å². The molecule has 0 bridgehead atoms. The Labute approximate surface area is 123 Å². The first-order chi connectivity index (χ1) is 9.56. The van der Waals surface area contributed by atoms with Gasteiger partial charge in [0.1, 0.15) is 0 Å². The number of nitrogens with one attached hydrogen (secondary N) is 2. The molecule has 0 aliphatic rings. The zero-order chi connectivity index (χ0) is 14.5. The number of aromatic nitrogens is 1. The fourth-order valence-electron chi connectivity index (χ4n) is 1.52. The standard InChI is InChI=1S/C13H10BrN3O3/c14-8-3-4-11(10(6-8)12(18)19)17-13(20)16-9-2-1-5-15-7-9/h1-7H,(H,18,19)(H2,16,17,20). The molecule has 1 heterocycles. The monoisotopic (exact) mass is 335 g/mol. The number of halogens is 1. The zero-order valence-electron chi connectivity index (χ0n) is 10.1. The van der Waals surface area contributed by atoms with Gasteiger partial charge >= 0.3 is 12.0 Å². The van der Waals surface area contributed by atoms with Crippen LogP contribution in [0.3, 0.4) is 0 Å². The van der Waals surface area contributed by atoms with Gasteiger partial charge in [-0.1, -0.05) is 15.9 Å². The molecule has 0 aliphatic heterocycles. The van der Waals surface area contributed by atoms with Crippen molar-refractivity contribution in [3.05, 3.63) is 52.8 Å². The predicted molar refractivity (Wildman–Crippen MR) is 78.0 cm³/mol. The molecule has 0 unspecified atom stereocenters. The van der Waals surface area contributed by atoms with Gasteiger partial charge < -0.3 is 15.7 Å². The average Bonchev–Trinajstić information content (AvgIpc) is 2.41. The second-order valence-electron chi connectivity index (χ2n) is 3.82. The molecule has 2 aromatic rings. The minimum absolute atomic E-state index is 0.000659. The van der Waals surface area contributed by atoms with E-state index in [0.29, 0.717) is 10.2 Å². The highest BCUT2D eigenvalue weighted by molar-refractivity contribution is 9.10. The smallest absolute Gasteiger partial charge is 0.337 e. The molecule has 20 heavy (non-hydrogen) atoms. The maximum Gasteiger partial charge on any atom is 0.337 e. The number of aromatic carboxylic acids is 1. The molecule has 102 valence electrons. The van der Waals surface area contributed by atoms with Crippen LogP contribution < -0.4 is 10.6 Å². The zero-order valence-corrected chi connectivity index (χ0v) is 11.7. The molecular formula is C13H10BrN3O3. The molecule has 7 heteroatoms. The van der Waals surface area contributed by atoms with Crippen LogP contribution >= 0.6 is 15.9 Å². The molecule has 0 saturated heterocycles. The quantitative estimate of drug-likeness (QED) is 0.803. The number of nitrogens with zero attached hydrogens (tertiary/aromatic N) is 1. The van der Waals surface area contributed by atoms with E-state index in [1.807, 2.05) is 0 Å². The number of hydrogen-bond donors (Lipinski definition) is 3. The van der Waals surface area contributed by atoms with Crippen molar-refractivity contribution < 1.29 is 14.7 Å². The molecule has 1 aromatic heterocycles. The van der Waals surface area contributed by atoms with Crippen molar-refractivity contribution in [2.24, 2.45) is 0 Å². The molecule has 0 saturated carbocycles. The van der Waals surface area contributed by atoms with Gasteiger partial charge in [-0.15, -0.1) is 0 Å². The van der Waals surface area contributed by atoms with Crippen LogP contribution in [0.4, 0.5) is 16.2 Å². The number of carboxylic acids is 1. The lowest BCUT2D eigenvalue weighted by Crippen LogP contribution is -2.21. The third-order valence-electron chi connectivity index (χ3n) is 2.38. The summed E-state index contributed by atoms with van der Waals surface area (Å²) in [6.07, 6.45) is 3.07. The second kappa shape index (κ2) is 6.16. The summed E-state index contributed by atoms with van der Waals surface area (Å²) < 4.78 is 0.619. The average molecular weight is 336 g/mol. The lowest BCUT2D eigenvalue weighted by atomic mass is 10.2. The topological polar surface area (TPSA) is 91.3 Å². The fourth-order valence-corrected chi connectivity index (χ4v) is 1.88. The Bertz CT molecular complexity index is 647. The van der Waals surface area contributed by atoms with Gasteiger partial charge in [-0.25, -0.2) is 9.59 Å². The van der Waals surface area contributed by atoms with E-state index in [1.165, 1.54) is 18.3 Å². The highest BCUT2D eigenvalue weighted by Crippen LogP contribution is 2.21. The van der Waals surface area contributed by atoms with Crippen molar-refractivity contribution in [3.63, 3.8) is 0 Å². The number of pyridine rings is 1. The molecule has 2 rings (SSSR count). The Hall–Kier alpha value is -2.41. The highest BCUT2D eigenvalue weighted by Gasteiger charge is 2.13. The SMILES string of the molecule is O=C(Nc1cccnc1)Nc1ccc(Br)cc1C(=O)O. The molecule has 0 aliphatic carbocycles. The molecule has 6 nitrogen and oxygen atoms in total. The van der Waals surface area contributed by atoms with Gasteiger partial charge in [0, 0.05) is 10.7 Å². The molecule has 0 spiro atoms. The maximum absolute atomic E-state index is 11.8. The van der Waals surface area contributed by atoms with Gasteiger partial charge in [0.25, 0.3) is 0 Å². The van der Waals surface area contributed by atoms with Gasteiger partial charge in [-0.2, -0.15) is 0 Å². The number of carboxylic acid groups (broad SMARTS) is 1. The van der Waals surface area contributed by atoms with Gasteiger partial charge in [0.15, 0.2) is 0 Å². The van der Waals surface area contributed by atoms with E-state index < -0.39 is 12.0 Å². The van der Waals surface area contributed by atoms with Gasteiger partial charge in [0.2, 0.25) is 0 Å². The van der Waals surface area contributed by atoms with Crippen molar-refractivity contribution in [2.75, 3.05) is 10.6 Å². The first kappa shape index (κ1) is 14.0. The van der Waals surface area contributed by atoms with Crippen molar-refractivity contribution in [1.82, 2.24) is 4.98 Å². The van der Waals surface area contributed by atoms with Crippen LogP contribution in [-0.2, 0) is 0 Å². The maximum atomic E-state index is 11.8. The lowest BCUT2D eigenvalue weighted by Gasteiger charge is -2.10. The van der Waals surface area contributed by atoms with Crippen molar-refractivity contribution >= 4 is 39.3 Å². The van der Waals surface area contributed by atoms with Crippen LogP contribution in [-0.4, -0.2) is 22.1 Å². The first-order valence-electron chi connectivity index (χ1n) is 5.57.